The molecule has 0 saturated carbocycles. The van der Waals surface area contributed by atoms with Gasteiger partial charge in [0.1, 0.15) is 0 Å². The van der Waals surface area contributed by atoms with Crippen molar-refractivity contribution in [2.24, 2.45) is 0 Å². The van der Waals surface area contributed by atoms with Gasteiger partial charge in [-0.15, -0.1) is 0 Å². The summed E-state index contributed by atoms with van der Waals surface area (Å²) in [7, 11) is 0. The zero-order valence-corrected chi connectivity index (χ0v) is 4.18. The Labute approximate surface area is 50.7 Å². The molecular formula is C2H4BO6. The van der Waals surface area contributed by atoms with E-state index in [0.717, 1.165) is 0 Å². The normalized spacial score (nSPS) is 6.44. The van der Waals surface area contributed by atoms with Crippen molar-refractivity contribution in [2.75, 3.05) is 0 Å². The van der Waals surface area contributed by atoms with Crippen LogP contribution in [-0.2, 0) is 9.59 Å². The Balaban J connectivity index is 0. The fraction of sp³-hybridized carbons (Fsp3) is 0. The first-order valence-electron chi connectivity index (χ1n) is 1.62. The van der Waals surface area contributed by atoms with E-state index >= 15 is 0 Å². The van der Waals surface area contributed by atoms with Crippen LogP contribution in [-0.4, -0.2) is 39.9 Å². The van der Waals surface area contributed by atoms with Crippen LogP contribution in [0.3, 0.4) is 0 Å². The fourth-order valence-electron chi connectivity index (χ4n) is 0. The van der Waals surface area contributed by atoms with Gasteiger partial charge in [0.25, 0.3) is 0 Å². The monoisotopic (exact) mass is 135 g/mol. The molecule has 0 atom stereocenters. The van der Waals surface area contributed by atoms with Crippen LogP contribution in [0.2, 0.25) is 0 Å². The van der Waals surface area contributed by atoms with Gasteiger partial charge in [0, 0.05) is 0 Å². The lowest BCUT2D eigenvalue weighted by atomic mass is 10.5. The van der Waals surface area contributed by atoms with Crippen LogP contribution >= 0.6 is 0 Å². The third-order valence-corrected chi connectivity index (χ3v) is 0.183. The van der Waals surface area contributed by atoms with Crippen LogP contribution in [0.15, 0.2) is 0 Å². The molecule has 0 aliphatic heterocycles. The van der Waals surface area contributed by atoms with E-state index in [-0.39, 0.29) is 7.69 Å². The van der Waals surface area contributed by atoms with Crippen molar-refractivity contribution in [1.29, 1.82) is 0 Å². The number of carboxylic acid groups (broad SMARTS) is 2. The lowest BCUT2D eigenvalue weighted by Gasteiger charge is -1.72. The van der Waals surface area contributed by atoms with Crippen LogP contribution in [0.1, 0.15) is 0 Å². The summed E-state index contributed by atoms with van der Waals surface area (Å²) in [5.74, 6) is -3.65. The molecule has 0 rings (SSSR count). The first kappa shape index (κ1) is 10.8. The first-order valence-corrected chi connectivity index (χ1v) is 1.62. The molecule has 0 aliphatic carbocycles. The average Bonchev–Trinajstić information content (AvgIpc) is 1.68. The smallest absolute Gasteiger partial charge is 0.473 e. The molecule has 0 fully saturated rings. The Morgan fingerprint density at radius 1 is 1.00 bits per heavy atom. The van der Waals surface area contributed by atoms with Crippen molar-refractivity contribution < 1.29 is 29.9 Å². The highest BCUT2D eigenvalue weighted by molar-refractivity contribution is 6.27. The van der Waals surface area contributed by atoms with E-state index in [9.17, 15) is 0 Å². The SMILES string of the molecule is O=C(O)C(=O)O.O[B]O. The predicted octanol–water partition coefficient (Wildman–Crippen LogP) is -2.34. The van der Waals surface area contributed by atoms with Gasteiger partial charge in [-0.05, 0) is 0 Å². The molecule has 9 heavy (non-hydrogen) atoms. The second-order valence-corrected chi connectivity index (χ2v) is 0.726. The molecule has 51 valence electrons. The number of rotatable bonds is 0. The quantitative estimate of drug-likeness (QED) is 0.218. The van der Waals surface area contributed by atoms with E-state index < -0.39 is 11.9 Å². The maximum absolute atomic E-state index is 9.10. The van der Waals surface area contributed by atoms with Crippen molar-refractivity contribution in [1.82, 2.24) is 0 Å². The highest BCUT2D eigenvalue weighted by Gasteiger charge is 2.04. The third kappa shape index (κ3) is 19.6. The van der Waals surface area contributed by atoms with Gasteiger partial charge < -0.3 is 20.3 Å². The standard InChI is InChI=1S/C2H2O4.BH2O2/c3-1(4)2(5)6;2-1-3/h(H,3,4)(H,5,6);2-3H. The number of hydrogen-bond acceptors (Lipinski definition) is 4. The summed E-state index contributed by atoms with van der Waals surface area (Å²) < 4.78 is 0. The summed E-state index contributed by atoms with van der Waals surface area (Å²) >= 11 is 0. The van der Waals surface area contributed by atoms with Gasteiger partial charge >= 0.3 is 19.6 Å². The van der Waals surface area contributed by atoms with Gasteiger partial charge in [0.2, 0.25) is 0 Å². The molecule has 0 aromatic carbocycles. The zero-order chi connectivity index (χ0) is 7.86. The minimum Gasteiger partial charge on any atom is -0.473 e. The van der Waals surface area contributed by atoms with Gasteiger partial charge in [0.05, 0.1) is 0 Å². The van der Waals surface area contributed by atoms with Gasteiger partial charge in [-0.2, -0.15) is 0 Å². The maximum Gasteiger partial charge on any atom is 0.482 e. The minimum absolute atomic E-state index is 0. The minimum atomic E-state index is -1.82. The largest absolute Gasteiger partial charge is 0.482 e. The summed E-state index contributed by atoms with van der Waals surface area (Å²) in [5.41, 5.74) is 0. The number of hydrogen-bond donors (Lipinski definition) is 4. The summed E-state index contributed by atoms with van der Waals surface area (Å²) in [5, 5.41) is 28.8. The van der Waals surface area contributed by atoms with Crippen LogP contribution in [0.25, 0.3) is 0 Å². The van der Waals surface area contributed by atoms with Crippen molar-refractivity contribution in [3.05, 3.63) is 0 Å². The Bertz CT molecular complexity index is 87.2. The average molecular weight is 135 g/mol. The van der Waals surface area contributed by atoms with Gasteiger partial charge in [0.15, 0.2) is 0 Å². The molecule has 0 amide bonds. The van der Waals surface area contributed by atoms with E-state index in [0.29, 0.717) is 0 Å². The molecule has 0 bridgehead atoms. The van der Waals surface area contributed by atoms with Crippen molar-refractivity contribution in [2.45, 2.75) is 0 Å². The van der Waals surface area contributed by atoms with Crippen LogP contribution in [0.5, 0.6) is 0 Å². The highest BCUT2D eigenvalue weighted by Crippen LogP contribution is 1.56. The molecule has 4 N–H and O–H groups in total. The Hall–Kier alpha value is -1.08. The van der Waals surface area contributed by atoms with Crippen molar-refractivity contribution in [3.8, 4) is 0 Å². The van der Waals surface area contributed by atoms with E-state index in [4.69, 9.17) is 29.9 Å². The second-order valence-electron chi connectivity index (χ2n) is 0.726. The van der Waals surface area contributed by atoms with E-state index in [1.54, 1.807) is 0 Å². The number of aliphatic carboxylic acids is 2. The molecule has 0 spiro atoms. The van der Waals surface area contributed by atoms with E-state index in [2.05, 4.69) is 0 Å². The fourth-order valence-corrected chi connectivity index (χ4v) is 0. The number of carbonyl (C=O) groups is 2. The number of carboxylic acids is 2. The Morgan fingerprint density at radius 2 is 1.11 bits per heavy atom. The maximum atomic E-state index is 9.10. The molecule has 7 heteroatoms. The Kier molecular flexibility index (Phi) is 8.33. The molecule has 0 saturated heterocycles. The molecule has 0 aromatic rings. The van der Waals surface area contributed by atoms with Gasteiger partial charge in [-0.1, -0.05) is 0 Å². The Morgan fingerprint density at radius 3 is 1.11 bits per heavy atom. The first-order chi connectivity index (χ1) is 4.06. The lowest BCUT2D eigenvalue weighted by molar-refractivity contribution is -0.159. The van der Waals surface area contributed by atoms with E-state index in [1.165, 1.54) is 0 Å². The summed E-state index contributed by atoms with van der Waals surface area (Å²) in [6.07, 6.45) is 0. The van der Waals surface area contributed by atoms with Gasteiger partial charge in [-0.25, -0.2) is 9.59 Å². The summed E-state index contributed by atoms with van der Waals surface area (Å²) in [6.45, 7) is 0. The molecule has 0 aromatic heterocycles. The topological polar surface area (TPSA) is 115 Å². The summed E-state index contributed by atoms with van der Waals surface area (Å²) in [4.78, 5) is 18.2. The molecule has 0 unspecified atom stereocenters. The second kappa shape index (κ2) is 6.92. The third-order valence-electron chi connectivity index (χ3n) is 0.183. The lowest BCUT2D eigenvalue weighted by Crippen LogP contribution is -2.09. The molecule has 0 heterocycles. The van der Waals surface area contributed by atoms with Crippen LogP contribution in [0.4, 0.5) is 0 Å². The van der Waals surface area contributed by atoms with Gasteiger partial charge in [-0.3, -0.25) is 0 Å². The van der Waals surface area contributed by atoms with Crippen LogP contribution in [0, 0.1) is 0 Å². The molecule has 6 nitrogen and oxygen atoms in total. The van der Waals surface area contributed by atoms with Crippen molar-refractivity contribution in [3.63, 3.8) is 0 Å². The van der Waals surface area contributed by atoms with E-state index in [1.807, 2.05) is 0 Å². The molecule has 1 radical (unpaired) electrons. The zero-order valence-electron chi connectivity index (χ0n) is 4.18. The summed E-state index contributed by atoms with van der Waals surface area (Å²) in [6, 6.07) is 0. The molecule has 0 aliphatic rings. The van der Waals surface area contributed by atoms with Crippen LogP contribution < -0.4 is 0 Å². The highest BCUT2D eigenvalue weighted by atomic mass is 16.4. The predicted molar refractivity (Wildman–Crippen MR) is 25.5 cm³/mol. The van der Waals surface area contributed by atoms with Crippen molar-refractivity contribution >= 4 is 19.6 Å². The molecular weight excluding hydrogens is 131 g/mol.